The third kappa shape index (κ3) is 5.34. The van der Waals surface area contributed by atoms with Gasteiger partial charge in [-0.2, -0.15) is 0 Å². The zero-order chi connectivity index (χ0) is 24.1. The van der Waals surface area contributed by atoms with Crippen LogP contribution in [0.4, 0.5) is 0 Å². The molecule has 4 rings (SSSR count). The topological polar surface area (TPSA) is 59.7 Å². The number of hydrogen-bond acceptors (Lipinski definition) is 4. The molecule has 0 spiro atoms. The Kier molecular flexibility index (Phi) is 7.69. The van der Waals surface area contributed by atoms with Crippen molar-refractivity contribution in [3.63, 3.8) is 0 Å². The molecule has 0 radical (unpaired) electrons. The maximum atomic E-state index is 13.9. The van der Waals surface area contributed by atoms with Gasteiger partial charge in [-0.15, -0.1) is 0 Å². The van der Waals surface area contributed by atoms with Gasteiger partial charge in [0.15, 0.2) is 0 Å². The Labute approximate surface area is 202 Å². The van der Waals surface area contributed by atoms with Crippen LogP contribution < -0.4 is 0 Å². The molecule has 0 amide bonds. The third-order valence-electron chi connectivity index (χ3n) is 6.92. The lowest BCUT2D eigenvalue weighted by Gasteiger charge is -2.37. The molecule has 34 heavy (non-hydrogen) atoms. The average molecular weight is 459 g/mol. The molecule has 4 heteroatoms. The monoisotopic (exact) mass is 458 g/mol. The largest absolute Gasteiger partial charge is 0.466 e. The van der Waals surface area contributed by atoms with Gasteiger partial charge < -0.3 is 14.3 Å². The van der Waals surface area contributed by atoms with Gasteiger partial charge in [-0.05, 0) is 53.9 Å². The van der Waals surface area contributed by atoms with Crippen molar-refractivity contribution in [2.75, 3.05) is 0 Å². The highest BCUT2D eigenvalue weighted by molar-refractivity contribution is 6.02. The van der Waals surface area contributed by atoms with E-state index in [1.54, 1.807) is 12.1 Å². The summed E-state index contributed by atoms with van der Waals surface area (Å²) in [7, 11) is 0. The smallest absolute Gasteiger partial charge is 0.338 e. The molecule has 4 nitrogen and oxygen atoms in total. The summed E-state index contributed by atoms with van der Waals surface area (Å²) >= 11 is 0. The number of aliphatic hydroxyl groups is 1. The average Bonchev–Trinajstić information content (AvgIpc) is 3.38. The second kappa shape index (κ2) is 10.9. The van der Waals surface area contributed by atoms with Crippen molar-refractivity contribution in [2.45, 2.75) is 52.2 Å². The molecule has 1 aliphatic rings. The Hall–Kier alpha value is -3.11. The summed E-state index contributed by atoms with van der Waals surface area (Å²) in [6.07, 6.45) is 3.10. The first kappa shape index (κ1) is 24.0. The van der Waals surface area contributed by atoms with Crippen molar-refractivity contribution in [1.82, 2.24) is 0 Å². The molecule has 1 saturated carbocycles. The Bertz CT molecular complexity index is 1040. The fourth-order valence-corrected chi connectivity index (χ4v) is 5.08. The summed E-state index contributed by atoms with van der Waals surface area (Å²) in [5.74, 6) is 1.04. The van der Waals surface area contributed by atoms with E-state index in [2.05, 4.69) is 20.8 Å². The highest BCUT2D eigenvalue weighted by Gasteiger charge is 2.36. The van der Waals surface area contributed by atoms with Crippen molar-refractivity contribution < 1.29 is 19.1 Å². The molecule has 1 N–H and O–H groups in total. The molecule has 0 saturated heterocycles. The minimum absolute atomic E-state index is 0.178. The Balaban J connectivity index is 1.84. The number of carbonyl (C=O) groups is 1. The van der Waals surface area contributed by atoms with Crippen LogP contribution in [0.25, 0.3) is 5.57 Å². The zero-order valence-electron chi connectivity index (χ0n) is 20.2. The van der Waals surface area contributed by atoms with Gasteiger partial charge in [-0.3, -0.25) is 0 Å². The summed E-state index contributed by atoms with van der Waals surface area (Å²) in [6.45, 7) is 6.59. The van der Waals surface area contributed by atoms with Crippen molar-refractivity contribution in [1.29, 1.82) is 0 Å². The molecular weight excluding hydrogens is 424 g/mol. The van der Waals surface area contributed by atoms with Gasteiger partial charge in [0.1, 0.15) is 18.0 Å². The molecule has 0 bridgehead atoms. The highest BCUT2D eigenvalue weighted by atomic mass is 16.5. The second-order valence-electron chi connectivity index (χ2n) is 9.71. The second-order valence-corrected chi connectivity index (χ2v) is 9.71. The van der Waals surface area contributed by atoms with Crippen molar-refractivity contribution in [2.24, 2.45) is 17.8 Å². The summed E-state index contributed by atoms with van der Waals surface area (Å²) < 4.78 is 11.8. The van der Waals surface area contributed by atoms with E-state index >= 15 is 0 Å². The van der Waals surface area contributed by atoms with Crippen LogP contribution in [0.1, 0.15) is 63.0 Å². The van der Waals surface area contributed by atoms with Crippen LogP contribution in [-0.2, 0) is 9.53 Å². The van der Waals surface area contributed by atoms with Gasteiger partial charge in [0, 0.05) is 5.57 Å². The molecule has 1 fully saturated rings. The number of aliphatic hydroxyl groups excluding tert-OH is 1. The molecule has 0 aliphatic heterocycles. The fraction of sp³-hybridized carbons (Fsp3) is 0.367. The standard InChI is InChI=1S/C30H34O4/c1-20(2)24-17-16-21(3)19-26(24)34-30(32)28(29(31)25-15-10-18-33-25)27(22-11-6-4-7-12-22)23-13-8-5-9-14-23/h4-15,18,20-21,24,26,29,31H,16-17,19H2,1-3H3/t21-,24+,26-,29-/m1/s1. The molecule has 0 unspecified atom stereocenters. The minimum atomic E-state index is -1.25. The van der Waals surface area contributed by atoms with Gasteiger partial charge in [0.2, 0.25) is 0 Å². The number of furan rings is 1. The maximum Gasteiger partial charge on any atom is 0.338 e. The van der Waals surface area contributed by atoms with Gasteiger partial charge in [-0.1, -0.05) is 87.9 Å². The fourth-order valence-electron chi connectivity index (χ4n) is 5.08. The first-order valence-electron chi connectivity index (χ1n) is 12.2. The molecule has 4 atom stereocenters. The van der Waals surface area contributed by atoms with Crippen LogP contribution in [-0.4, -0.2) is 17.2 Å². The van der Waals surface area contributed by atoms with Crippen LogP contribution in [0.2, 0.25) is 0 Å². The van der Waals surface area contributed by atoms with Crippen LogP contribution in [0.3, 0.4) is 0 Å². The number of ether oxygens (including phenoxy) is 1. The molecular formula is C30H34O4. The maximum absolute atomic E-state index is 13.9. The van der Waals surface area contributed by atoms with E-state index in [1.807, 2.05) is 60.7 Å². The molecule has 2 aromatic carbocycles. The van der Waals surface area contributed by atoms with E-state index in [9.17, 15) is 9.90 Å². The summed E-state index contributed by atoms with van der Waals surface area (Å²) in [5, 5.41) is 11.4. The molecule has 3 aromatic rings. The van der Waals surface area contributed by atoms with Gasteiger partial charge in [0.05, 0.1) is 11.8 Å². The molecule has 1 heterocycles. The SMILES string of the molecule is CC(C)[C@@H]1CC[C@@H](C)C[C@H]1OC(=O)C(=C(c1ccccc1)c1ccccc1)[C@H](O)c1ccco1. The van der Waals surface area contributed by atoms with E-state index in [4.69, 9.17) is 9.15 Å². The number of benzene rings is 2. The van der Waals surface area contributed by atoms with Crippen molar-refractivity contribution in [3.05, 3.63) is 102 Å². The van der Waals surface area contributed by atoms with Crippen molar-refractivity contribution >= 4 is 11.5 Å². The lowest BCUT2D eigenvalue weighted by molar-refractivity contribution is -0.152. The first-order chi connectivity index (χ1) is 16.5. The molecule has 1 aliphatic carbocycles. The van der Waals surface area contributed by atoms with E-state index in [1.165, 1.54) is 6.26 Å². The molecule has 1 aromatic heterocycles. The van der Waals surface area contributed by atoms with Crippen LogP contribution in [0.5, 0.6) is 0 Å². The zero-order valence-corrected chi connectivity index (χ0v) is 20.2. The van der Waals surface area contributed by atoms with Crippen molar-refractivity contribution in [3.8, 4) is 0 Å². The van der Waals surface area contributed by atoms with E-state index in [0.29, 0.717) is 29.1 Å². The van der Waals surface area contributed by atoms with Gasteiger partial charge in [-0.25, -0.2) is 4.79 Å². The van der Waals surface area contributed by atoms with E-state index in [0.717, 1.165) is 30.4 Å². The summed E-state index contributed by atoms with van der Waals surface area (Å²) in [5.41, 5.74) is 2.53. The van der Waals surface area contributed by atoms with Gasteiger partial charge >= 0.3 is 5.97 Å². The van der Waals surface area contributed by atoms with E-state index < -0.39 is 12.1 Å². The lowest BCUT2D eigenvalue weighted by Crippen LogP contribution is -2.36. The van der Waals surface area contributed by atoms with Gasteiger partial charge in [0.25, 0.3) is 0 Å². The van der Waals surface area contributed by atoms with Crippen LogP contribution in [0, 0.1) is 17.8 Å². The normalized spacial score (nSPS) is 21.1. The Morgan fingerprint density at radius 1 is 0.941 bits per heavy atom. The Morgan fingerprint density at radius 3 is 2.09 bits per heavy atom. The van der Waals surface area contributed by atoms with Crippen LogP contribution in [0.15, 0.2) is 89.0 Å². The minimum Gasteiger partial charge on any atom is -0.466 e. The van der Waals surface area contributed by atoms with E-state index in [-0.39, 0.29) is 11.7 Å². The predicted octanol–water partition coefficient (Wildman–Crippen LogP) is 6.82. The third-order valence-corrected chi connectivity index (χ3v) is 6.92. The lowest BCUT2D eigenvalue weighted by atomic mass is 9.75. The predicted molar refractivity (Wildman–Crippen MR) is 134 cm³/mol. The number of hydrogen-bond donors (Lipinski definition) is 1. The van der Waals surface area contributed by atoms with Crippen LogP contribution >= 0.6 is 0 Å². The first-order valence-corrected chi connectivity index (χ1v) is 12.2. The highest BCUT2D eigenvalue weighted by Crippen LogP contribution is 2.39. The summed E-state index contributed by atoms with van der Waals surface area (Å²) in [4.78, 5) is 13.9. The molecule has 178 valence electrons. The number of carbonyl (C=O) groups excluding carboxylic acids is 1. The number of esters is 1. The Morgan fingerprint density at radius 2 is 1.56 bits per heavy atom. The summed E-state index contributed by atoms with van der Waals surface area (Å²) in [6, 6.07) is 22.8. The number of rotatable bonds is 7. The quantitative estimate of drug-likeness (QED) is 0.312.